The number of hydrogen-bond donors (Lipinski definition) is 1. The van der Waals surface area contributed by atoms with Crippen LogP contribution in [0.1, 0.15) is 18.5 Å². The van der Waals surface area contributed by atoms with E-state index >= 15 is 0 Å². The topological polar surface area (TPSA) is 42.7 Å². The molecular weight excluding hydrogens is 284 g/mol. The molecule has 0 radical (unpaired) electrons. The van der Waals surface area contributed by atoms with Gasteiger partial charge in [0.05, 0.1) is 17.9 Å². The summed E-state index contributed by atoms with van der Waals surface area (Å²) in [4.78, 5) is 4.23. The Balaban J connectivity index is 1.77. The van der Waals surface area contributed by atoms with Gasteiger partial charge in [0.15, 0.2) is 0 Å². The zero-order valence-corrected chi connectivity index (χ0v) is 12.3. The molecule has 21 heavy (non-hydrogen) atoms. The molecule has 2 heterocycles. The zero-order chi connectivity index (χ0) is 14.7. The van der Waals surface area contributed by atoms with Crippen molar-refractivity contribution in [3.63, 3.8) is 0 Å². The summed E-state index contributed by atoms with van der Waals surface area (Å²) < 4.78 is 1.86. The molecule has 1 unspecified atom stereocenters. The number of pyridine rings is 1. The number of benzene rings is 1. The molecule has 106 valence electrons. The third kappa shape index (κ3) is 3.23. The van der Waals surface area contributed by atoms with E-state index in [1.54, 1.807) is 6.07 Å². The monoisotopic (exact) mass is 298 g/mol. The number of hydrogen-bond acceptors (Lipinski definition) is 3. The third-order valence-electron chi connectivity index (χ3n) is 3.20. The summed E-state index contributed by atoms with van der Waals surface area (Å²) in [6.07, 6.45) is 3.87. The Morgan fingerprint density at radius 3 is 2.67 bits per heavy atom. The molecule has 0 aliphatic rings. The molecule has 3 rings (SSSR count). The van der Waals surface area contributed by atoms with Crippen molar-refractivity contribution in [3.05, 3.63) is 71.6 Å². The van der Waals surface area contributed by atoms with Gasteiger partial charge in [-0.05, 0) is 31.2 Å². The fourth-order valence-electron chi connectivity index (χ4n) is 2.08. The molecule has 5 heteroatoms. The second-order valence-electron chi connectivity index (χ2n) is 4.77. The van der Waals surface area contributed by atoms with Gasteiger partial charge in [-0.2, -0.15) is 5.10 Å². The van der Waals surface area contributed by atoms with Gasteiger partial charge in [0.25, 0.3) is 0 Å². The molecule has 0 spiro atoms. The van der Waals surface area contributed by atoms with E-state index < -0.39 is 0 Å². The molecule has 0 saturated carbocycles. The molecule has 0 aliphatic carbocycles. The van der Waals surface area contributed by atoms with Crippen molar-refractivity contribution in [1.29, 1.82) is 0 Å². The minimum Gasteiger partial charge on any atom is -0.363 e. The van der Waals surface area contributed by atoms with Gasteiger partial charge in [-0.25, -0.2) is 9.67 Å². The van der Waals surface area contributed by atoms with Crippen LogP contribution in [0.25, 0.3) is 5.69 Å². The Morgan fingerprint density at radius 2 is 1.90 bits per heavy atom. The van der Waals surface area contributed by atoms with E-state index in [2.05, 4.69) is 22.3 Å². The minimum atomic E-state index is 0.0911. The quantitative estimate of drug-likeness (QED) is 0.738. The third-order valence-corrected chi connectivity index (χ3v) is 3.41. The number of rotatable bonds is 4. The molecule has 1 atom stereocenters. The summed E-state index contributed by atoms with van der Waals surface area (Å²) in [6.45, 7) is 2.06. The van der Waals surface area contributed by atoms with Crippen molar-refractivity contribution in [1.82, 2.24) is 14.8 Å². The maximum absolute atomic E-state index is 5.89. The average molecular weight is 299 g/mol. The molecule has 0 saturated heterocycles. The highest BCUT2D eigenvalue weighted by Gasteiger charge is 2.09. The molecule has 2 aromatic heterocycles. The van der Waals surface area contributed by atoms with E-state index in [9.17, 15) is 0 Å². The van der Waals surface area contributed by atoms with Crippen molar-refractivity contribution >= 4 is 17.4 Å². The Hall–Kier alpha value is -2.33. The molecular formula is C16H15ClN4. The van der Waals surface area contributed by atoms with Crippen molar-refractivity contribution in [2.24, 2.45) is 0 Å². The van der Waals surface area contributed by atoms with Gasteiger partial charge < -0.3 is 5.32 Å². The fourth-order valence-corrected chi connectivity index (χ4v) is 2.24. The molecule has 0 bridgehead atoms. The van der Waals surface area contributed by atoms with Crippen LogP contribution < -0.4 is 5.32 Å². The lowest BCUT2D eigenvalue weighted by Crippen LogP contribution is -2.07. The zero-order valence-electron chi connectivity index (χ0n) is 11.6. The summed E-state index contributed by atoms with van der Waals surface area (Å²) in [7, 11) is 0. The number of nitrogens with zero attached hydrogens (tertiary/aromatic N) is 3. The van der Waals surface area contributed by atoms with Gasteiger partial charge in [0.2, 0.25) is 0 Å². The summed E-state index contributed by atoms with van der Waals surface area (Å²) in [5.41, 5.74) is 2.12. The van der Waals surface area contributed by atoms with Crippen molar-refractivity contribution in [2.75, 3.05) is 5.32 Å². The maximum Gasteiger partial charge on any atom is 0.131 e. The number of para-hydroxylation sites is 1. The fraction of sp³-hybridized carbons (Fsp3) is 0.125. The number of anilines is 1. The SMILES string of the molecule is CC(Nc1cccc(Cl)n1)c1cnn(-c2ccccc2)c1. The van der Waals surface area contributed by atoms with Crippen molar-refractivity contribution < 1.29 is 0 Å². The lowest BCUT2D eigenvalue weighted by molar-refractivity contribution is 0.864. The van der Waals surface area contributed by atoms with E-state index in [0.29, 0.717) is 5.15 Å². The Bertz CT molecular complexity index is 724. The van der Waals surface area contributed by atoms with E-state index in [-0.39, 0.29) is 6.04 Å². The summed E-state index contributed by atoms with van der Waals surface area (Å²) in [5.74, 6) is 0.752. The second kappa shape index (κ2) is 5.97. The highest BCUT2D eigenvalue weighted by Crippen LogP contribution is 2.19. The minimum absolute atomic E-state index is 0.0911. The van der Waals surface area contributed by atoms with E-state index in [0.717, 1.165) is 17.1 Å². The van der Waals surface area contributed by atoms with Crippen LogP contribution in [-0.2, 0) is 0 Å². The van der Waals surface area contributed by atoms with E-state index in [1.807, 2.05) is 59.5 Å². The second-order valence-corrected chi connectivity index (χ2v) is 5.15. The Morgan fingerprint density at radius 1 is 1.10 bits per heavy atom. The first kappa shape index (κ1) is 13.6. The summed E-state index contributed by atoms with van der Waals surface area (Å²) >= 11 is 5.89. The van der Waals surface area contributed by atoms with Crippen molar-refractivity contribution in [3.8, 4) is 5.69 Å². The van der Waals surface area contributed by atoms with Crippen molar-refractivity contribution in [2.45, 2.75) is 13.0 Å². The number of halogens is 1. The highest BCUT2D eigenvalue weighted by molar-refractivity contribution is 6.29. The Labute approximate surface area is 128 Å². The molecule has 4 nitrogen and oxygen atoms in total. The molecule has 3 aromatic rings. The standard InChI is InChI=1S/C16H15ClN4/c1-12(19-16-9-5-8-15(17)20-16)13-10-18-21(11-13)14-6-3-2-4-7-14/h2-12H,1H3,(H,19,20). The van der Waals surface area contributed by atoms with Crippen LogP contribution in [0.15, 0.2) is 60.9 Å². The van der Waals surface area contributed by atoms with Gasteiger partial charge in [-0.15, -0.1) is 0 Å². The van der Waals surface area contributed by atoms with Crippen LogP contribution >= 0.6 is 11.6 Å². The molecule has 1 N–H and O–H groups in total. The summed E-state index contributed by atoms with van der Waals surface area (Å²) in [6, 6.07) is 15.6. The van der Waals surface area contributed by atoms with Gasteiger partial charge in [0.1, 0.15) is 11.0 Å². The summed E-state index contributed by atoms with van der Waals surface area (Å²) in [5, 5.41) is 8.19. The molecule has 0 aliphatic heterocycles. The predicted molar refractivity (Wildman–Crippen MR) is 84.8 cm³/mol. The molecule has 0 fully saturated rings. The van der Waals surface area contributed by atoms with Gasteiger partial charge in [-0.3, -0.25) is 0 Å². The molecule has 0 amide bonds. The predicted octanol–water partition coefficient (Wildman–Crippen LogP) is 4.09. The highest BCUT2D eigenvalue weighted by atomic mass is 35.5. The Kier molecular flexibility index (Phi) is 3.88. The van der Waals surface area contributed by atoms with Crippen LogP contribution in [0.4, 0.5) is 5.82 Å². The van der Waals surface area contributed by atoms with Gasteiger partial charge >= 0.3 is 0 Å². The van der Waals surface area contributed by atoms with E-state index in [1.165, 1.54) is 0 Å². The van der Waals surface area contributed by atoms with Crippen LogP contribution in [0.3, 0.4) is 0 Å². The lowest BCUT2D eigenvalue weighted by Gasteiger charge is -2.12. The first-order valence-electron chi connectivity index (χ1n) is 6.71. The van der Waals surface area contributed by atoms with Gasteiger partial charge in [0, 0.05) is 11.8 Å². The maximum atomic E-state index is 5.89. The van der Waals surface area contributed by atoms with Crippen LogP contribution in [0, 0.1) is 0 Å². The first-order chi connectivity index (χ1) is 10.2. The average Bonchev–Trinajstić information content (AvgIpc) is 2.98. The first-order valence-corrected chi connectivity index (χ1v) is 7.09. The lowest BCUT2D eigenvalue weighted by atomic mass is 10.2. The van der Waals surface area contributed by atoms with Crippen LogP contribution in [0.2, 0.25) is 5.15 Å². The van der Waals surface area contributed by atoms with Crippen LogP contribution in [-0.4, -0.2) is 14.8 Å². The largest absolute Gasteiger partial charge is 0.363 e. The smallest absolute Gasteiger partial charge is 0.131 e. The normalized spacial score (nSPS) is 12.1. The van der Waals surface area contributed by atoms with Gasteiger partial charge in [-0.1, -0.05) is 35.9 Å². The number of nitrogens with one attached hydrogen (secondary N) is 1. The molecule has 1 aromatic carbocycles. The van der Waals surface area contributed by atoms with E-state index in [4.69, 9.17) is 11.6 Å². The number of aromatic nitrogens is 3. The van der Waals surface area contributed by atoms with Crippen LogP contribution in [0.5, 0.6) is 0 Å².